The van der Waals surface area contributed by atoms with Gasteiger partial charge in [-0.15, -0.1) is 0 Å². The summed E-state index contributed by atoms with van der Waals surface area (Å²) in [6.45, 7) is 6.53. The number of unbranched alkanes of at least 4 members (excludes halogenated alkanes) is 38. The Bertz CT molecular complexity index is 1140. The van der Waals surface area contributed by atoms with E-state index in [0.29, 0.717) is 19.3 Å². The molecular weight excluding hydrogens is 841 g/mol. The molecule has 0 N–H and O–H groups in total. The standard InChI is InChI=1S/C62H114O6/c1-4-7-10-13-16-18-20-22-23-24-25-26-27-28-29-30-31-32-33-34-35-36-37-38-39-41-42-44-46-49-52-55-61(64)67-58-59(57-66-60(63)54-51-48-15-12-9-6-3)68-62(65)56-53-50-47-45-43-40-21-19-17-14-11-8-5-2/h11,14,19,21,24-25,59H,4-10,12-13,15-18,20,22-23,26-58H2,1-3H3/b14-11-,21-19-,25-24-. The van der Waals surface area contributed by atoms with Gasteiger partial charge in [0, 0.05) is 19.3 Å². The Balaban J connectivity index is 3.93. The van der Waals surface area contributed by atoms with E-state index in [1.165, 1.54) is 193 Å². The molecule has 0 rings (SSSR count). The number of ether oxygens (including phenoxy) is 3. The van der Waals surface area contributed by atoms with Crippen LogP contribution in [-0.2, 0) is 28.6 Å². The van der Waals surface area contributed by atoms with Crippen LogP contribution < -0.4 is 0 Å². The zero-order valence-electron chi connectivity index (χ0n) is 45.6. The highest BCUT2D eigenvalue weighted by molar-refractivity contribution is 5.71. The molecule has 0 aliphatic rings. The fourth-order valence-electron chi connectivity index (χ4n) is 8.83. The number of hydrogen-bond acceptors (Lipinski definition) is 6. The van der Waals surface area contributed by atoms with E-state index < -0.39 is 6.10 Å². The molecule has 0 saturated heterocycles. The van der Waals surface area contributed by atoms with Crippen LogP contribution in [0.25, 0.3) is 0 Å². The third kappa shape index (κ3) is 54.6. The SMILES string of the molecule is CCC/C=C\C/C=C\CCCCCCCC(=O)OC(COC(=O)CCCCCCCC)COC(=O)CCCCCCCCCCCCCCCCCCCCC/C=C\CCCCCCCCCC. The highest BCUT2D eigenvalue weighted by Gasteiger charge is 2.19. The lowest BCUT2D eigenvalue weighted by molar-refractivity contribution is -0.167. The molecule has 0 aliphatic heterocycles. The third-order valence-corrected chi connectivity index (χ3v) is 13.3. The molecule has 0 radical (unpaired) electrons. The predicted octanol–water partition coefficient (Wildman–Crippen LogP) is 20.0. The third-order valence-electron chi connectivity index (χ3n) is 13.3. The van der Waals surface area contributed by atoms with Gasteiger partial charge in [-0.05, 0) is 70.6 Å². The first-order valence-electron chi connectivity index (χ1n) is 30.0. The van der Waals surface area contributed by atoms with Crippen molar-refractivity contribution < 1.29 is 28.6 Å². The van der Waals surface area contributed by atoms with Gasteiger partial charge in [0.2, 0.25) is 0 Å². The van der Waals surface area contributed by atoms with E-state index in [0.717, 1.165) is 89.9 Å². The van der Waals surface area contributed by atoms with Crippen molar-refractivity contribution in [3.63, 3.8) is 0 Å². The highest BCUT2D eigenvalue weighted by atomic mass is 16.6. The Hall–Kier alpha value is -2.37. The first-order chi connectivity index (χ1) is 33.5. The average Bonchev–Trinajstić information content (AvgIpc) is 3.34. The number of esters is 3. The van der Waals surface area contributed by atoms with Crippen molar-refractivity contribution in [1.29, 1.82) is 0 Å². The summed E-state index contributed by atoms with van der Waals surface area (Å²) in [6, 6.07) is 0. The Labute approximate surface area is 423 Å². The summed E-state index contributed by atoms with van der Waals surface area (Å²) in [5.41, 5.74) is 0. The molecule has 0 aromatic heterocycles. The van der Waals surface area contributed by atoms with Gasteiger partial charge in [-0.3, -0.25) is 14.4 Å². The zero-order chi connectivity index (χ0) is 49.3. The summed E-state index contributed by atoms with van der Waals surface area (Å²) in [5.74, 6) is -0.886. The number of hydrogen-bond donors (Lipinski definition) is 0. The lowest BCUT2D eigenvalue weighted by Gasteiger charge is -2.18. The van der Waals surface area contributed by atoms with Crippen LogP contribution in [0.15, 0.2) is 36.5 Å². The Morgan fingerprint density at radius 2 is 0.559 bits per heavy atom. The molecule has 398 valence electrons. The second kappa shape index (κ2) is 57.2. The van der Waals surface area contributed by atoms with Crippen molar-refractivity contribution in [2.24, 2.45) is 0 Å². The van der Waals surface area contributed by atoms with E-state index in [1.54, 1.807) is 0 Å². The van der Waals surface area contributed by atoms with E-state index in [1.807, 2.05) is 0 Å². The van der Waals surface area contributed by atoms with Crippen molar-refractivity contribution in [3.05, 3.63) is 36.5 Å². The smallest absolute Gasteiger partial charge is 0.306 e. The van der Waals surface area contributed by atoms with Gasteiger partial charge >= 0.3 is 17.9 Å². The molecule has 68 heavy (non-hydrogen) atoms. The molecule has 1 unspecified atom stereocenters. The number of carbonyl (C=O) groups is 3. The first kappa shape index (κ1) is 65.6. The topological polar surface area (TPSA) is 78.9 Å². The van der Waals surface area contributed by atoms with E-state index in [-0.39, 0.29) is 31.1 Å². The summed E-state index contributed by atoms with van der Waals surface area (Å²) in [4.78, 5) is 37.8. The maximum Gasteiger partial charge on any atom is 0.306 e. The van der Waals surface area contributed by atoms with Crippen LogP contribution in [0.2, 0.25) is 0 Å². The maximum atomic E-state index is 12.7. The normalized spacial score (nSPS) is 12.2. The minimum absolute atomic E-state index is 0.0746. The largest absolute Gasteiger partial charge is 0.462 e. The van der Waals surface area contributed by atoms with Crippen molar-refractivity contribution in [1.82, 2.24) is 0 Å². The maximum absolute atomic E-state index is 12.7. The van der Waals surface area contributed by atoms with Crippen molar-refractivity contribution >= 4 is 17.9 Å². The van der Waals surface area contributed by atoms with Crippen LogP contribution in [0.3, 0.4) is 0 Å². The van der Waals surface area contributed by atoms with Gasteiger partial charge in [0.15, 0.2) is 6.10 Å². The zero-order valence-corrected chi connectivity index (χ0v) is 45.6. The van der Waals surface area contributed by atoms with Crippen LogP contribution >= 0.6 is 0 Å². The van der Waals surface area contributed by atoms with E-state index in [4.69, 9.17) is 14.2 Å². The molecule has 0 heterocycles. The van der Waals surface area contributed by atoms with E-state index in [2.05, 4.69) is 57.2 Å². The van der Waals surface area contributed by atoms with Gasteiger partial charge in [-0.1, -0.05) is 269 Å². The minimum Gasteiger partial charge on any atom is -0.462 e. The molecule has 1 atom stereocenters. The lowest BCUT2D eigenvalue weighted by atomic mass is 10.0. The molecule has 6 heteroatoms. The van der Waals surface area contributed by atoms with Crippen LogP contribution in [0.4, 0.5) is 0 Å². The van der Waals surface area contributed by atoms with Gasteiger partial charge in [0.05, 0.1) is 0 Å². The van der Waals surface area contributed by atoms with Crippen molar-refractivity contribution in [3.8, 4) is 0 Å². The quantitative estimate of drug-likeness (QED) is 0.0262. The number of rotatable bonds is 55. The molecule has 6 nitrogen and oxygen atoms in total. The molecule has 0 aromatic carbocycles. The molecule has 0 amide bonds. The van der Waals surface area contributed by atoms with Crippen LogP contribution in [-0.4, -0.2) is 37.2 Å². The molecule has 0 saturated carbocycles. The van der Waals surface area contributed by atoms with Crippen LogP contribution in [0.5, 0.6) is 0 Å². The highest BCUT2D eigenvalue weighted by Crippen LogP contribution is 2.17. The molecular formula is C62H114O6. The molecule has 0 fully saturated rings. The monoisotopic (exact) mass is 955 g/mol. The second-order valence-electron chi connectivity index (χ2n) is 20.3. The minimum atomic E-state index is -0.773. The Morgan fingerprint density at radius 1 is 0.294 bits per heavy atom. The second-order valence-corrected chi connectivity index (χ2v) is 20.3. The number of carbonyl (C=O) groups excluding carboxylic acids is 3. The molecule has 0 aliphatic carbocycles. The summed E-state index contributed by atoms with van der Waals surface area (Å²) in [7, 11) is 0. The van der Waals surface area contributed by atoms with Gasteiger partial charge < -0.3 is 14.2 Å². The van der Waals surface area contributed by atoms with Gasteiger partial charge in [0.25, 0.3) is 0 Å². The van der Waals surface area contributed by atoms with Crippen LogP contribution in [0, 0.1) is 0 Å². The summed E-state index contributed by atoms with van der Waals surface area (Å²) in [6.07, 6.45) is 69.2. The fraction of sp³-hybridized carbons (Fsp3) is 0.855. The molecule has 0 bridgehead atoms. The van der Waals surface area contributed by atoms with E-state index in [9.17, 15) is 14.4 Å². The van der Waals surface area contributed by atoms with Gasteiger partial charge in [-0.25, -0.2) is 0 Å². The molecule has 0 aromatic rings. The van der Waals surface area contributed by atoms with Crippen molar-refractivity contribution in [2.75, 3.05) is 13.2 Å². The van der Waals surface area contributed by atoms with Gasteiger partial charge in [-0.2, -0.15) is 0 Å². The lowest BCUT2D eigenvalue weighted by Crippen LogP contribution is -2.30. The molecule has 0 spiro atoms. The first-order valence-corrected chi connectivity index (χ1v) is 30.0. The predicted molar refractivity (Wildman–Crippen MR) is 293 cm³/mol. The van der Waals surface area contributed by atoms with E-state index >= 15 is 0 Å². The van der Waals surface area contributed by atoms with Crippen LogP contribution in [0.1, 0.15) is 323 Å². The average molecular weight is 956 g/mol. The van der Waals surface area contributed by atoms with Crippen molar-refractivity contribution in [2.45, 2.75) is 329 Å². The summed E-state index contributed by atoms with van der Waals surface area (Å²) < 4.78 is 16.7. The fourth-order valence-corrected chi connectivity index (χ4v) is 8.83. The van der Waals surface area contributed by atoms with Gasteiger partial charge in [0.1, 0.15) is 13.2 Å². The Kier molecular flexibility index (Phi) is 55.2. The number of allylic oxidation sites excluding steroid dienone is 6. The summed E-state index contributed by atoms with van der Waals surface area (Å²) in [5, 5.41) is 0. The summed E-state index contributed by atoms with van der Waals surface area (Å²) >= 11 is 0. The Morgan fingerprint density at radius 3 is 0.882 bits per heavy atom.